The summed E-state index contributed by atoms with van der Waals surface area (Å²) in [5.74, 6) is 1.91. The minimum atomic E-state index is 0.770. The first-order valence-electron chi connectivity index (χ1n) is 4.28. The lowest BCUT2D eigenvalue weighted by molar-refractivity contribution is 0.632. The van der Waals surface area contributed by atoms with Gasteiger partial charge in [-0.2, -0.15) is 0 Å². The Kier molecular flexibility index (Phi) is 5.01. The zero-order valence-corrected chi connectivity index (χ0v) is 10.8. The highest BCUT2D eigenvalue weighted by atomic mass is 127. The minimum absolute atomic E-state index is 0.770. The van der Waals surface area contributed by atoms with Crippen LogP contribution in [0.15, 0.2) is 17.6 Å². The molecule has 1 rings (SSSR count). The standard InChI is InChI=1S/C9H13IN2S/c1-7(2)3-4-13-9-8(10)5-11-6-12-9/h5-7H,3-4H2,1-2H3. The average Bonchev–Trinajstić information content (AvgIpc) is 2.08. The molecule has 0 spiro atoms. The van der Waals surface area contributed by atoms with E-state index in [1.807, 2.05) is 18.0 Å². The summed E-state index contributed by atoms with van der Waals surface area (Å²) in [5.41, 5.74) is 0. The molecule has 2 nitrogen and oxygen atoms in total. The van der Waals surface area contributed by atoms with E-state index in [9.17, 15) is 0 Å². The summed E-state index contributed by atoms with van der Waals surface area (Å²) in [6, 6.07) is 0. The lowest BCUT2D eigenvalue weighted by atomic mass is 10.2. The fraction of sp³-hybridized carbons (Fsp3) is 0.556. The van der Waals surface area contributed by atoms with E-state index < -0.39 is 0 Å². The first kappa shape index (κ1) is 11.2. The predicted octanol–water partition coefficient (Wildman–Crippen LogP) is 3.22. The second kappa shape index (κ2) is 5.80. The summed E-state index contributed by atoms with van der Waals surface area (Å²) in [7, 11) is 0. The molecule has 0 aliphatic heterocycles. The number of hydrogen-bond acceptors (Lipinski definition) is 3. The number of nitrogens with zero attached hydrogens (tertiary/aromatic N) is 2. The van der Waals surface area contributed by atoms with E-state index in [-0.39, 0.29) is 0 Å². The van der Waals surface area contributed by atoms with Crippen molar-refractivity contribution in [3.8, 4) is 0 Å². The van der Waals surface area contributed by atoms with Crippen molar-refractivity contribution in [2.45, 2.75) is 25.3 Å². The largest absolute Gasteiger partial charge is 0.244 e. The van der Waals surface area contributed by atoms with Gasteiger partial charge in [0.2, 0.25) is 0 Å². The maximum atomic E-state index is 4.22. The highest BCUT2D eigenvalue weighted by Gasteiger charge is 2.01. The van der Waals surface area contributed by atoms with Crippen molar-refractivity contribution in [1.29, 1.82) is 0 Å². The van der Waals surface area contributed by atoms with Crippen LogP contribution in [0.3, 0.4) is 0 Å². The van der Waals surface area contributed by atoms with E-state index in [1.54, 1.807) is 6.33 Å². The van der Waals surface area contributed by atoms with Crippen LogP contribution in [0.2, 0.25) is 0 Å². The van der Waals surface area contributed by atoms with Crippen molar-refractivity contribution in [2.75, 3.05) is 5.75 Å². The molecule has 0 fully saturated rings. The van der Waals surface area contributed by atoms with Crippen molar-refractivity contribution in [3.63, 3.8) is 0 Å². The number of aromatic nitrogens is 2. The van der Waals surface area contributed by atoms with Gasteiger partial charge in [-0.3, -0.25) is 0 Å². The van der Waals surface area contributed by atoms with E-state index in [0.717, 1.165) is 20.3 Å². The Morgan fingerprint density at radius 2 is 2.31 bits per heavy atom. The van der Waals surface area contributed by atoms with Crippen LogP contribution in [0, 0.1) is 9.49 Å². The van der Waals surface area contributed by atoms with Gasteiger partial charge in [-0.05, 0) is 40.7 Å². The van der Waals surface area contributed by atoms with Crippen LogP contribution >= 0.6 is 34.4 Å². The summed E-state index contributed by atoms with van der Waals surface area (Å²) in [6.45, 7) is 4.48. The molecule has 13 heavy (non-hydrogen) atoms. The second-order valence-corrected chi connectivity index (χ2v) is 5.45. The van der Waals surface area contributed by atoms with Crippen LogP contribution in [0.4, 0.5) is 0 Å². The van der Waals surface area contributed by atoms with Crippen LogP contribution in [0.5, 0.6) is 0 Å². The SMILES string of the molecule is CC(C)CCSc1ncncc1I. The zero-order valence-electron chi connectivity index (χ0n) is 7.83. The Morgan fingerprint density at radius 3 is 2.92 bits per heavy atom. The maximum Gasteiger partial charge on any atom is 0.116 e. The number of halogens is 1. The molecule has 4 heteroatoms. The third-order valence-electron chi connectivity index (χ3n) is 1.57. The molecule has 1 aromatic rings. The smallest absolute Gasteiger partial charge is 0.116 e. The van der Waals surface area contributed by atoms with Crippen LogP contribution in [0.25, 0.3) is 0 Å². The van der Waals surface area contributed by atoms with Gasteiger partial charge in [0.1, 0.15) is 11.4 Å². The van der Waals surface area contributed by atoms with Gasteiger partial charge in [-0.15, -0.1) is 11.8 Å². The number of thioether (sulfide) groups is 1. The van der Waals surface area contributed by atoms with Gasteiger partial charge >= 0.3 is 0 Å². The molecule has 0 N–H and O–H groups in total. The van der Waals surface area contributed by atoms with Gasteiger partial charge in [-0.1, -0.05) is 13.8 Å². The van der Waals surface area contributed by atoms with Gasteiger partial charge in [0.15, 0.2) is 0 Å². The summed E-state index contributed by atoms with van der Waals surface area (Å²) in [6.07, 6.45) is 4.70. The Bertz CT molecular complexity index is 266. The highest BCUT2D eigenvalue weighted by Crippen LogP contribution is 2.22. The average molecular weight is 308 g/mol. The van der Waals surface area contributed by atoms with E-state index in [0.29, 0.717) is 0 Å². The molecule has 0 saturated heterocycles. The van der Waals surface area contributed by atoms with Gasteiger partial charge in [0.05, 0.1) is 3.57 Å². The third-order valence-corrected chi connectivity index (χ3v) is 3.76. The van der Waals surface area contributed by atoms with Crippen LogP contribution < -0.4 is 0 Å². The van der Waals surface area contributed by atoms with Gasteiger partial charge in [-0.25, -0.2) is 9.97 Å². The summed E-state index contributed by atoms with van der Waals surface area (Å²) < 4.78 is 1.15. The molecule has 0 saturated carbocycles. The number of rotatable bonds is 4. The molecule has 0 bridgehead atoms. The van der Waals surface area contributed by atoms with Crippen molar-refractivity contribution in [1.82, 2.24) is 9.97 Å². The predicted molar refractivity (Wildman–Crippen MR) is 64.9 cm³/mol. The van der Waals surface area contributed by atoms with Gasteiger partial charge < -0.3 is 0 Å². The highest BCUT2D eigenvalue weighted by molar-refractivity contribution is 14.1. The summed E-state index contributed by atoms with van der Waals surface area (Å²) >= 11 is 4.09. The monoisotopic (exact) mass is 308 g/mol. The molecule has 1 aromatic heterocycles. The first-order valence-corrected chi connectivity index (χ1v) is 6.35. The molecule has 0 aliphatic rings. The fourth-order valence-electron chi connectivity index (χ4n) is 0.799. The molecule has 1 heterocycles. The van der Waals surface area contributed by atoms with Gasteiger partial charge in [0.25, 0.3) is 0 Å². The maximum absolute atomic E-state index is 4.22. The molecule has 0 radical (unpaired) electrons. The zero-order chi connectivity index (χ0) is 9.68. The molecular weight excluding hydrogens is 295 g/mol. The molecule has 0 amide bonds. The molecule has 0 aliphatic carbocycles. The fourth-order valence-corrected chi connectivity index (χ4v) is 2.66. The van der Waals surface area contributed by atoms with Gasteiger partial charge in [0, 0.05) is 6.20 Å². The quantitative estimate of drug-likeness (QED) is 0.485. The van der Waals surface area contributed by atoms with Crippen molar-refractivity contribution in [2.24, 2.45) is 5.92 Å². The molecular formula is C9H13IN2S. The minimum Gasteiger partial charge on any atom is -0.244 e. The van der Waals surface area contributed by atoms with E-state index >= 15 is 0 Å². The summed E-state index contributed by atoms with van der Waals surface area (Å²) in [4.78, 5) is 8.18. The first-order chi connectivity index (χ1) is 6.20. The Labute approximate surface area is 97.1 Å². The normalized spacial score (nSPS) is 10.8. The lowest BCUT2D eigenvalue weighted by Crippen LogP contribution is -1.92. The Hall–Kier alpha value is 0.160. The van der Waals surface area contributed by atoms with Crippen molar-refractivity contribution in [3.05, 3.63) is 16.1 Å². The summed E-state index contributed by atoms with van der Waals surface area (Å²) in [5, 5.41) is 1.11. The lowest BCUT2D eigenvalue weighted by Gasteiger charge is -2.04. The second-order valence-electron chi connectivity index (χ2n) is 3.21. The number of hydrogen-bond donors (Lipinski definition) is 0. The van der Waals surface area contributed by atoms with Crippen LogP contribution in [-0.4, -0.2) is 15.7 Å². The molecule has 0 aromatic carbocycles. The van der Waals surface area contributed by atoms with E-state index in [1.165, 1.54) is 6.42 Å². The third kappa shape index (κ3) is 4.26. The Morgan fingerprint density at radius 1 is 1.54 bits per heavy atom. The van der Waals surface area contributed by atoms with Crippen molar-refractivity contribution < 1.29 is 0 Å². The van der Waals surface area contributed by atoms with E-state index in [4.69, 9.17) is 0 Å². The molecule has 0 unspecified atom stereocenters. The van der Waals surface area contributed by atoms with Crippen molar-refractivity contribution >= 4 is 34.4 Å². The van der Waals surface area contributed by atoms with Crippen LogP contribution in [0.1, 0.15) is 20.3 Å². The Balaban J connectivity index is 2.41. The topological polar surface area (TPSA) is 25.8 Å². The molecule has 0 atom stereocenters. The van der Waals surface area contributed by atoms with E-state index in [2.05, 4.69) is 46.4 Å². The molecule has 72 valence electrons. The van der Waals surface area contributed by atoms with Crippen LogP contribution in [-0.2, 0) is 0 Å².